The van der Waals surface area contributed by atoms with Gasteiger partial charge in [-0.25, -0.2) is 4.79 Å². The molecule has 4 aromatic rings. The van der Waals surface area contributed by atoms with Crippen LogP contribution >= 0.6 is 11.6 Å². The Bertz CT molecular complexity index is 1240. The highest BCUT2D eigenvalue weighted by Crippen LogP contribution is 2.23. The van der Waals surface area contributed by atoms with E-state index >= 15 is 0 Å². The Morgan fingerprint density at radius 1 is 1.00 bits per heavy atom. The molecule has 0 fully saturated rings. The van der Waals surface area contributed by atoms with E-state index in [9.17, 15) is 9.59 Å². The summed E-state index contributed by atoms with van der Waals surface area (Å²) in [6.45, 7) is 2.50. The van der Waals surface area contributed by atoms with Gasteiger partial charge in [0, 0.05) is 23.2 Å². The van der Waals surface area contributed by atoms with Crippen LogP contribution in [0.2, 0.25) is 5.02 Å². The molecule has 0 spiro atoms. The van der Waals surface area contributed by atoms with Crippen LogP contribution < -0.4 is 5.32 Å². The second-order valence-electron chi connectivity index (χ2n) is 7.44. The smallest absolute Gasteiger partial charge is 0.335 e. The fourth-order valence-corrected chi connectivity index (χ4v) is 3.76. The van der Waals surface area contributed by atoms with Gasteiger partial charge in [0.25, 0.3) is 5.91 Å². The predicted octanol–water partition coefficient (Wildman–Crippen LogP) is 5.53. The van der Waals surface area contributed by atoms with Gasteiger partial charge >= 0.3 is 5.97 Å². The zero-order chi connectivity index (χ0) is 22.0. The summed E-state index contributed by atoms with van der Waals surface area (Å²) in [5.41, 5.74) is 3.59. The number of rotatable bonds is 6. The monoisotopic (exact) mass is 432 g/mol. The van der Waals surface area contributed by atoms with Crippen LogP contribution in [-0.4, -0.2) is 21.6 Å². The number of para-hydroxylation sites is 1. The van der Waals surface area contributed by atoms with E-state index in [1.165, 1.54) is 12.1 Å². The van der Waals surface area contributed by atoms with E-state index in [1.54, 1.807) is 12.1 Å². The zero-order valence-electron chi connectivity index (χ0n) is 16.9. The lowest BCUT2D eigenvalue weighted by molar-refractivity contribution is 0.0696. The Labute approximate surface area is 184 Å². The summed E-state index contributed by atoms with van der Waals surface area (Å²) < 4.78 is 2.06. The van der Waals surface area contributed by atoms with Crippen molar-refractivity contribution in [3.8, 4) is 0 Å². The van der Waals surface area contributed by atoms with Gasteiger partial charge in [-0.05, 0) is 54.4 Å². The van der Waals surface area contributed by atoms with E-state index in [-0.39, 0.29) is 17.5 Å². The number of carboxylic acids is 1. The third-order valence-electron chi connectivity index (χ3n) is 5.30. The fourth-order valence-electron chi connectivity index (χ4n) is 3.63. The number of carbonyl (C=O) groups is 2. The average Bonchev–Trinajstić information content (AvgIpc) is 3.18. The summed E-state index contributed by atoms with van der Waals surface area (Å²) in [5, 5.41) is 13.8. The summed E-state index contributed by atoms with van der Waals surface area (Å²) in [6.07, 6.45) is 1.98. The molecule has 1 amide bonds. The molecule has 0 aliphatic heterocycles. The largest absolute Gasteiger partial charge is 0.478 e. The van der Waals surface area contributed by atoms with Crippen molar-refractivity contribution in [1.29, 1.82) is 0 Å². The molecule has 1 aromatic heterocycles. The number of nitrogens with one attached hydrogen (secondary N) is 1. The van der Waals surface area contributed by atoms with Gasteiger partial charge in [0.05, 0.1) is 22.7 Å². The molecule has 6 heteroatoms. The van der Waals surface area contributed by atoms with Crippen LogP contribution in [0.15, 0.2) is 79.0 Å². The molecular formula is C25H21ClN2O3. The molecule has 0 saturated carbocycles. The molecule has 1 atom stereocenters. The van der Waals surface area contributed by atoms with Crippen LogP contribution in [-0.2, 0) is 6.54 Å². The Hall–Kier alpha value is -3.57. The van der Waals surface area contributed by atoms with Crippen molar-refractivity contribution in [2.24, 2.45) is 0 Å². The highest BCUT2D eigenvalue weighted by molar-refractivity contribution is 6.30. The van der Waals surface area contributed by atoms with Gasteiger partial charge < -0.3 is 15.0 Å². The van der Waals surface area contributed by atoms with Gasteiger partial charge in [0.1, 0.15) is 0 Å². The first-order valence-electron chi connectivity index (χ1n) is 9.89. The van der Waals surface area contributed by atoms with E-state index < -0.39 is 5.97 Å². The number of hydrogen-bond donors (Lipinski definition) is 2. The van der Waals surface area contributed by atoms with Gasteiger partial charge in [0.15, 0.2) is 0 Å². The first-order chi connectivity index (χ1) is 14.9. The number of aromatic nitrogens is 1. The SMILES string of the molecule is C[C@H](NC(=O)c1cccc2ccn(Cc3ccc(Cl)cc3)c12)c1ccc(C(=O)O)cc1. The van der Waals surface area contributed by atoms with Crippen molar-refractivity contribution in [2.75, 3.05) is 0 Å². The highest BCUT2D eigenvalue weighted by Gasteiger charge is 2.17. The number of carboxylic acid groups (broad SMARTS) is 1. The maximum atomic E-state index is 13.1. The number of nitrogens with zero attached hydrogens (tertiary/aromatic N) is 1. The van der Waals surface area contributed by atoms with Crippen molar-refractivity contribution in [2.45, 2.75) is 19.5 Å². The predicted molar refractivity (Wildman–Crippen MR) is 122 cm³/mol. The highest BCUT2D eigenvalue weighted by atomic mass is 35.5. The number of fused-ring (bicyclic) bond motifs is 1. The maximum Gasteiger partial charge on any atom is 0.335 e. The first kappa shape index (κ1) is 20.7. The number of benzene rings is 3. The minimum atomic E-state index is -0.976. The van der Waals surface area contributed by atoms with Crippen LogP contribution in [0.3, 0.4) is 0 Å². The Balaban J connectivity index is 1.59. The summed E-state index contributed by atoms with van der Waals surface area (Å²) in [5.74, 6) is -1.16. The molecule has 0 aliphatic rings. The average molecular weight is 433 g/mol. The number of halogens is 1. The van der Waals surface area contributed by atoms with Crippen LogP contribution in [0.1, 0.15) is 44.8 Å². The second kappa shape index (κ2) is 8.66. The van der Waals surface area contributed by atoms with Crippen molar-refractivity contribution in [1.82, 2.24) is 9.88 Å². The zero-order valence-corrected chi connectivity index (χ0v) is 17.6. The number of carbonyl (C=O) groups excluding carboxylic acids is 1. The van der Waals surface area contributed by atoms with Gasteiger partial charge in [-0.15, -0.1) is 0 Å². The molecule has 0 saturated heterocycles. The van der Waals surface area contributed by atoms with Crippen LogP contribution in [0, 0.1) is 0 Å². The van der Waals surface area contributed by atoms with E-state index in [0.29, 0.717) is 17.1 Å². The van der Waals surface area contributed by atoms with E-state index in [0.717, 1.165) is 22.0 Å². The van der Waals surface area contributed by atoms with E-state index in [2.05, 4.69) is 9.88 Å². The minimum Gasteiger partial charge on any atom is -0.478 e. The van der Waals surface area contributed by atoms with Gasteiger partial charge in [-0.1, -0.05) is 48.0 Å². The number of amides is 1. The van der Waals surface area contributed by atoms with Gasteiger partial charge in [-0.2, -0.15) is 0 Å². The summed E-state index contributed by atoms with van der Waals surface area (Å²) in [4.78, 5) is 24.2. The molecule has 0 unspecified atom stereocenters. The topological polar surface area (TPSA) is 71.3 Å². The van der Waals surface area contributed by atoms with E-state index in [4.69, 9.17) is 16.7 Å². The molecule has 156 valence electrons. The van der Waals surface area contributed by atoms with Crippen LogP contribution in [0.5, 0.6) is 0 Å². The molecule has 4 rings (SSSR count). The molecule has 0 bridgehead atoms. The van der Waals surface area contributed by atoms with E-state index in [1.807, 2.05) is 61.7 Å². The lowest BCUT2D eigenvalue weighted by Crippen LogP contribution is -2.27. The molecule has 0 aliphatic carbocycles. The number of hydrogen-bond acceptors (Lipinski definition) is 2. The third kappa shape index (κ3) is 4.47. The Kier molecular flexibility index (Phi) is 5.78. The van der Waals surface area contributed by atoms with Gasteiger partial charge in [0.2, 0.25) is 0 Å². The van der Waals surface area contributed by atoms with Crippen molar-refractivity contribution in [3.05, 3.63) is 106 Å². The quantitative estimate of drug-likeness (QED) is 0.420. The van der Waals surface area contributed by atoms with Crippen molar-refractivity contribution >= 4 is 34.4 Å². The molecule has 1 heterocycles. The van der Waals surface area contributed by atoms with Crippen LogP contribution in [0.25, 0.3) is 10.9 Å². The Morgan fingerprint density at radius 2 is 1.71 bits per heavy atom. The standard InChI is InChI=1S/C25H21ClN2O3/c1-16(18-7-9-20(10-8-18)25(30)31)27-24(29)22-4-2-3-19-13-14-28(23(19)22)15-17-5-11-21(26)12-6-17/h2-14,16H,15H2,1H3,(H,27,29)(H,30,31)/t16-/m0/s1. The van der Waals surface area contributed by atoms with Crippen molar-refractivity contribution < 1.29 is 14.7 Å². The normalized spacial score (nSPS) is 11.9. The second-order valence-corrected chi connectivity index (χ2v) is 7.87. The summed E-state index contributed by atoms with van der Waals surface area (Å²) >= 11 is 5.99. The fraction of sp³-hybridized carbons (Fsp3) is 0.120. The molecule has 3 aromatic carbocycles. The third-order valence-corrected chi connectivity index (χ3v) is 5.56. The molecule has 0 radical (unpaired) electrons. The molecule has 5 nitrogen and oxygen atoms in total. The summed E-state index contributed by atoms with van der Waals surface area (Å²) in [6, 6.07) is 21.6. The summed E-state index contributed by atoms with van der Waals surface area (Å²) in [7, 11) is 0. The molecular weight excluding hydrogens is 412 g/mol. The maximum absolute atomic E-state index is 13.1. The molecule has 2 N–H and O–H groups in total. The van der Waals surface area contributed by atoms with Gasteiger partial charge in [-0.3, -0.25) is 4.79 Å². The van der Waals surface area contributed by atoms with Crippen molar-refractivity contribution in [3.63, 3.8) is 0 Å². The first-order valence-corrected chi connectivity index (χ1v) is 10.3. The lowest BCUT2D eigenvalue weighted by Gasteiger charge is -2.16. The van der Waals surface area contributed by atoms with Crippen LogP contribution in [0.4, 0.5) is 0 Å². The molecule has 31 heavy (non-hydrogen) atoms. The minimum absolute atomic E-state index is 0.184. The lowest BCUT2D eigenvalue weighted by atomic mass is 10.0. The Morgan fingerprint density at radius 3 is 2.39 bits per heavy atom. The number of aromatic carboxylic acids is 1.